The molecule has 3 rings (SSSR count). The molecule has 1 N–H and O–H groups in total. The van der Waals surface area contributed by atoms with Gasteiger partial charge in [-0.05, 0) is 43.6 Å². The lowest BCUT2D eigenvalue weighted by Crippen LogP contribution is -2.38. The van der Waals surface area contributed by atoms with Gasteiger partial charge in [-0.1, -0.05) is 20.8 Å². The van der Waals surface area contributed by atoms with Crippen LogP contribution < -0.4 is 10.9 Å². The van der Waals surface area contributed by atoms with E-state index in [2.05, 4.69) is 5.32 Å². The van der Waals surface area contributed by atoms with Crippen molar-refractivity contribution in [2.75, 3.05) is 12.4 Å². The Labute approximate surface area is 157 Å². The van der Waals surface area contributed by atoms with Gasteiger partial charge in [-0.2, -0.15) is 0 Å². The largest absolute Gasteiger partial charge is 0.467 e. The number of aryl methyl sites for hydroxylation is 2. The highest BCUT2D eigenvalue weighted by atomic mass is 32.1. The molecule has 2 aromatic rings. The van der Waals surface area contributed by atoms with E-state index in [0.717, 1.165) is 35.9 Å². The monoisotopic (exact) mass is 377 g/mol. The summed E-state index contributed by atoms with van der Waals surface area (Å²) in [6.45, 7) is 6.49. The third kappa shape index (κ3) is 3.37. The maximum Gasteiger partial charge on any atom is 0.328 e. The van der Waals surface area contributed by atoms with Gasteiger partial charge in [0.15, 0.2) is 0 Å². The van der Waals surface area contributed by atoms with Crippen molar-refractivity contribution in [3.8, 4) is 0 Å². The van der Waals surface area contributed by atoms with Crippen molar-refractivity contribution in [3.05, 3.63) is 20.8 Å². The molecule has 0 radical (unpaired) electrons. The fraction of sp³-hybridized carbons (Fsp3) is 0.632. The fourth-order valence-corrected chi connectivity index (χ4v) is 4.80. The molecule has 0 fully saturated rings. The minimum Gasteiger partial charge on any atom is -0.467 e. The summed E-state index contributed by atoms with van der Waals surface area (Å²) in [7, 11) is 1.38. The van der Waals surface area contributed by atoms with Gasteiger partial charge in [0.1, 0.15) is 10.9 Å². The van der Waals surface area contributed by atoms with Gasteiger partial charge in [0, 0.05) is 11.4 Å². The third-order valence-corrected chi connectivity index (χ3v) is 6.11. The Balaban J connectivity index is 2.13. The van der Waals surface area contributed by atoms with Crippen LogP contribution in [0.3, 0.4) is 0 Å². The van der Waals surface area contributed by atoms with E-state index in [9.17, 15) is 9.59 Å². The lowest BCUT2D eigenvalue weighted by molar-refractivity contribution is -0.142. The van der Waals surface area contributed by atoms with Crippen molar-refractivity contribution in [1.29, 1.82) is 0 Å². The first-order chi connectivity index (χ1) is 12.5. The van der Waals surface area contributed by atoms with E-state index in [1.54, 1.807) is 15.9 Å². The summed E-state index contributed by atoms with van der Waals surface area (Å²) < 4.78 is 6.60. The van der Waals surface area contributed by atoms with Gasteiger partial charge in [0.25, 0.3) is 5.56 Å². The second-order valence-electron chi connectivity index (χ2n) is 7.17. The third-order valence-electron chi connectivity index (χ3n) is 4.93. The summed E-state index contributed by atoms with van der Waals surface area (Å²) in [5, 5.41) is 3.96. The number of hydrogen-bond donors (Lipinski definition) is 1. The highest BCUT2D eigenvalue weighted by molar-refractivity contribution is 7.18. The van der Waals surface area contributed by atoms with Gasteiger partial charge < -0.3 is 10.1 Å². The maximum absolute atomic E-state index is 13.2. The Morgan fingerprint density at radius 3 is 2.73 bits per heavy atom. The topological polar surface area (TPSA) is 73.2 Å². The Kier molecular flexibility index (Phi) is 5.65. The van der Waals surface area contributed by atoms with Crippen LogP contribution in [0.1, 0.15) is 50.5 Å². The molecule has 0 saturated heterocycles. The fourth-order valence-electron chi connectivity index (χ4n) is 3.54. The van der Waals surface area contributed by atoms with Crippen LogP contribution in [0.2, 0.25) is 0 Å². The van der Waals surface area contributed by atoms with Crippen molar-refractivity contribution in [1.82, 2.24) is 9.55 Å². The average molecular weight is 378 g/mol. The number of aromatic nitrogens is 2. The van der Waals surface area contributed by atoms with Crippen molar-refractivity contribution in [2.45, 2.75) is 65.5 Å². The zero-order chi connectivity index (χ0) is 18.8. The van der Waals surface area contributed by atoms with E-state index in [1.807, 2.05) is 20.8 Å². The number of esters is 1. The number of carbonyl (C=O) groups excluding carboxylic acids is 1. The normalized spacial score (nSPS) is 15.1. The van der Waals surface area contributed by atoms with Crippen LogP contribution in [-0.4, -0.2) is 28.7 Å². The van der Waals surface area contributed by atoms with Crippen molar-refractivity contribution >= 4 is 33.5 Å². The zero-order valence-corrected chi connectivity index (χ0v) is 16.7. The number of fused-ring (bicyclic) bond motifs is 3. The molecule has 0 saturated carbocycles. The van der Waals surface area contributed by atoms with Crippen molar-refractivity contribution in [2.24, 2.45) is 5.92 Å². The van der Waals surface area contributed by atoms with E-state index < -0.39 is 6.04 Å². The molecule has 7 heteroatoms. The second-order valence-corrected chi connectivity index (χ2v) is 8.26. The maximum atomic E-state index is 13.2. The quantitative estimate of drug-likeness (QED) is 0.782. The van der Waals surface area contributed by atoms with Crippen LogP contribution in [0.4, 0.5) is 5.95 Å². The molecule has 1 aliphatic carbocycles. The van der Waals surface area contributed by atoms with E-state index in [-0.39, 0.29) is 17.4 Å². The van der Waals surface area contributed by atoms with Gasteiger partial charge in [0.2, 0.25) is 5.95 Å². The molecule has 0 amide bonds. The first kappa shape index (κ1) is 18.9. The molecule has 0 aromatic carbocycles. The van der Waals surface area contributed by atoms with Crippen molar-refractivity contribution in [3.63, 3.8) is 0 Å². The number of nitrogens with one attached hydrogen (secondary N) is 1. The molecule has 0 spiro atoms. The van der Waals surface area contributed by atoms with Gasteiger partial charge in [-0.25, -0.2) is 9.78 Å². The molecule has 1 atom stereocenters. The average Bonchev–Trinajstić information content (AvgIpc) is 3.00. The van der Waals surface area contributed by atoms with Gasteiger partial charge in [-0.3, -0.25) is 9.36 Å². The molecule has 0 bridgehead atoms. The Morgan fingerprint density at radius 1 is 1.35 bits per heavy atom. The number of rotatable bonds is 6. The number of hydrogen-bond acceptors (Lipinski definition) is 6. The minimum atomic E-state index is -0.540. The minimum absolute atomic E-state index is 0.00567. The molecule has 1 aliphatic rings. The lowest BCUT2D eigenvalue weighted by atomic mass is 9.97. The first-order valence-electron chi connectivity index (χ1n) is 9.37. The molecule has 26 heavy (non-hydrogen) atoms. The smallest absolute Gasteiger partial charge is 0.328 e. The highest BCUT2D eigenvalue weighted by Crippen LogP contribution is 2.34. The van der Waals surface area contributed by atoms with Crippen LogP contribution >= 0.6 is 11.3 Å². The molecule has 142 valence electrons. The first-order valence-corrected chi connectivity index (χ1v) is 10.2. The van der Waals surface area contributed by atoms with Crippen LogP contribution in [0.5, 0.6) is 0 Å². The van der Waals surface area contributed by atoms with Crippen LogP contribution in [0.25, 0.3) is 10.2 Å². The van der Waals surface area contributed by atoms with Gasteiger partial charge >= 0.3 is 5.97 Å². The molecule has 2 aromatic heterocycles. The second kappa shape index (κ2) is 7.78. The summed E-state index contributed by atoms with van der Waals surface area (Å²) in [6, 6.07) is -0.540. The van der Waals surface area contributed by atoms with Crippen LogP contribution in [0.15, 0.2) is 4.79 Å². The lowest BCUT2D eigenvalue weighted by Gasteiger charge is -2.22. The summed E-state index contributed by atoms with van der Waals surface area (Å²) in [6.07, 6.45) is 5.11. The van der Waals surface area contributed by atoms with E-state index in [4.69, 9.17) is 9.72 Å². The Hall–Kier alpha value is -1.89. The van der Waals surface area contributed by atoms with Crippen molar-refractivity contribution < 1.29 is 9.53 Å². The Morgan fingerprint density at radius 2 is 2.08 bits per heavy atom. The molecular weight excluding hydrogens is 350 g/mol. The number of thiophene rings is 1. The molecule has 2 heterocycles. The zero-order valence-electron chi connectivity index (χ0n) is 15.9. The van der Waals surface area contributed by atoms with E-state index in [1.165, 1.54) is 24.0 Å². The summed E-state index contributed by atoms with van der Waals surface area (Å²) >= 11 is 1.62. The predicted octanol–water partition coefficient (Wildman–Crippen LogP) is 3.36. The highest BCUT2D eigenvalue weighted by Gasteiger charge is 2.27. The standard InChI is InChI=1S/C19H27N3O3S/c1-5-10-22-17(23)14-12-8-6-7-9-13(12)26-16(14)21-19(22)20-15(11(2)3)18(24)25-4/h11,15H,5-10H2,1-4H3,(H,20,21). The number of ether oxygens (including phenoxy) is 1. The van der Waals surface area contributed by atoms with Crippen LogP contribution in [0, 0.1) is 5.92 Å². The molecule has 6 nitrogen and oxygen atoms in total. The van der Waals surface area contributed by atoms with Gasteiger partial charge in [-0.15, -0.1) is 11.3 Å². The molecular formula is C19H27N3O3S. The summed E-state index contributed by atoms with van der Waals surface area (Å²) in [4.78, 5) is 32.2. The number of carbonyl (C=O) groups is 1. The number of methoxy groups -OCH3 is 1. The van der Waals surface area contributed by atoms with Crippen LogP contribution in [-0.2, 0) is 28.9 Å². The van der Waals surface area contributed by atoms with Gasteiger partial charge in [0.05, 0.1) is 12.5 Å². The Bertz CT molecular complexity index is 869. The number of anilines is 1. The SMILES string of the molecule is CCCn1c(NC(C(=O)OC)C(C)C)nc2sc3c(c2c1=O)CCCC3. The van der Waals surface area contributed by atoms with E-state index >= 15 is 0 Å². The molecule has 1 unspecified atom stereocenters. The summed E-state index contributed by atoms with van der Waals surface area (Å²) in [5.41, 5.74) is 1.20. The summed E-state index contributed by atoms with van der Waals surface area (Å²) in [5.74, 6) is 0.136. The van der Waals surface area contributed by atoms with E-state index in [0.29, 0.717) is 12.5 Å². The molecule has 0 aliphatic heterocycles. The predicted molar refractivity (Wildman–Crippen MR) is 105 cm³/mol. The number of nitrogens with zero attached hydrogens (tertiary/aromatic N) is 2.